The molecule has 182 valence electrons. The summed E-state index contributed by atoms with van der Waals surface area (Å²) < 4.78 is 64.8. The van der Waals surface area contributed by atoms with Gasteiger partial charge in [-0.25, -0.2) is 0 Å². The lowest BCUT2D eigenvalue weighted by Crippen LogP contribution is -2.15. The summed E-state index contributed by atoms with van der Waals surface area (Å²) in [5.74, 6) is -1.05. The second kappa shape index (κ2) is 7.88. The van der Waals surface area contributed by atoms with E-state index in [1.54, 1.807) is 12.1 Å². The maximum atomic E-state index is 13.5. The Labute approximate surface area is 214 Å². The van der Waals surface area contributed by atoms with Crippen molar-refractivity contribution in [1.82, 2.24) is 0 Å². The van der Waals surface area contributed by atoms with E-state index in [9.17, 15) is 35.5 Å². The predicted octanol–water partition coefficient (Wildman–Crippen LogP) is 4.44. The van der Waals surface area contributed by atoms with Gasteiger partial charge in [-0.1, -0.05) is 53.9 Å². The highest BCUT2D eigenvalue weighted by molar-refractivity contribution is 8.11. The third kappa shape index (κ3) is 3.59. The molecular formula is C24H14O8S4. The van der Waals surface area contributed by atoms with E-state index in [-0.39, 0.29) is 37.1 Å². The predicted molar refractivity (Wildman–Crippen MR) is 136 cm³/mol. The smallest absolute Gasteiger partial charge is 0.288 e. The first-order valence-electron chi connectivity index (χ1n) is 10.5. The van der Waals surface area contributed by atoms with Crippen LogP contribution >= 0.6 is 23.5 Å². The number of rotatable bonds is 2. The maximum absolute atomic E-state index is 13.5. The van der Waals surface area contributed by atoms with Crippen molar-refractivity contribution < 1.29 is 35.5 Å². The average Bonchev–Trinajstić information content (AvgIpc) is 3.34. The van der Waals surface area contributed by atoms with Crippen LogP contribution in [-0.4, -0.2) is 37.5 Å². The Morgan fingerprint density at radius 3 is 2.33 bits per heavy atom. The van der Waals surface area contributed by atoms with Crippen molar-refractivity contribution in [2.45, 2.75) is 16.2 Å². The van der Waals surface area contributed by atoms with Gasteiger partial charge in [-0.05, 0) is 47.0 Å². The number of carbonyl (C=O) groups excluding carboxylic acids is 2. The van der Waals surface area contributed by atoms with E-state index in [2.05, 4.69) is 0 Å². The molecule has 2 aliphatic heterocycles. The largest absolute Gasteiger partial charge is 0.294 e. The van der Waals surface area contributed by atoms with Gasteiger partial charge in [0.25, 0.3) is 20.2 Å². The van der Waals surface area contributed by atoms with Crippen molar-refractivity contribution in [2.75, 3.05) is 0 Å². The van der Waals surface area contributed by atoms with Crippen LogP contribution in [0.3, 0.4) is 0 Å². The lowest BCUT2D eigenvalue weighted by atomic mass is 9.82. The average molecular weight is 559 g/mol. The molecule has 1 saturated heterocycles. The summed E-state index contributed by atoms with van der Waals surface area (Å²) in [6.45, 7) is 0. The van der Waals surface area contributed by atoms with Crippen LogP contribution in [0.2, 0.25) is 0 Å². The molecule has 0 bridgehead atoms. The van der Waals surface area contributed by atoms with Crippen molar-refractivity contribution in [3.05, 3.63) is 91.0 Å². The lowest BCUT2D eigenvalue weighted by molar-refractivity contribution is -0.111. The lowest BCUT2D eigenvalue weighted by Gasteiger charge is -2.23. The van der Waals surface area contributed by atoms with E-state index in [1.165, 1.54) is 60.0 Å². The number of hydrogen-bond donors (Lipinski definition) is 2. The van der Waals surface area contributed by atoms with Gasteiger partial charge in [-0.3, -0.25) is 18.7 Å². The molecule has 12 heteroatoms. The van der Waals surface area contributed by atoms with Gasteiger partial charge in [0.2, 0.25) is 11.6 Å². The third-order valence-electron chi connectivity index (χ3n) is 6.33. The number of hydrogen-bond acceptors (Lipinski definition) is 8. The standard InChI is InChI=1S/C24H14O8S4/c25-21-19-15-5-3-13(35(27,28)29)9-11(15)1-7-17(19)33-23(21)24-22(26)20-16-6-4-14(36(30,31)32)10-12(16)2-8-18(20)34-24/h1,3-10,12H,2H2,(H,27,28,29)(H,30,31,32)/b24-23-. The zero-order valence-corrected chi connectivity index (χ0v) is 21.2. The van der Waals surface area contributed by atoms with Crippen LogP contribution in [-0.2, 0) is 25.0 Å². The van der Waals surface area contributed by atoms with Gasteiger partial charge >= 0.3 is 0 Å². The highest BCUT2D eigenvalue weighted by Crippen LogP contribution is 2.54. The molecule has 1 unspecified atom stereocenters. The van der Waals surface area contributed by atoms with Gasteiger partial charge in [-0.15, -0.1) is 0 Å². The molecule has 0 amide bonds. The topological polar surface area (TPSA) is 143 Å². The first-order valence-corrected chi connectivity index (χ1v) is 15.0. The van der Waals surface area contributed by atoms with Crippen molar-refractivity contribution in [2.24, 2.45) is 5.92 Å². The third-order valence-corrected chi connectivity index (χ3v) is 10.5. The molecule has 36 heavy (non-hydrogen) atoms. The summed E-state index contributed by atoms with van der Waals surface area (Å²) in [6, 6.07) is 7.33. The van der Waals surface area contributed by atoms with Crippen LogP contribution < -0.4 is 0 Å². The van der Waals surface area contributed by atoms with E-state index in [4.69, 9.17) is 0 Å². The summed E-state index contributed by atoms with van der Waals surface area (Å²) in [5, 5.41) is 0.979. The van der Waals surface area contributed by atoms with Crippen molar-refractivity contribution >= 4 is 66.1 Å². The Kier molecular flexibility index (Phi) is 5.17. The molecule has 2 heterocycles. The SMILES string of the molecule is O=C1C2=C3C=CC(S(=O)(=O)O)=CC3CC=C2S/C1=C1\Sc2ccc3cc(S(=O)(=O)O)ccc3c2C1=O. The number of carbonyl (C=O) groups is 2. The monoisotopic (exact) mass is 558 g/mol. The van der Waals surface area contributed by atoms with Gasteiger partial charge in [0.1, 0.15) is 0 Å². The van der Waals surface area contributed by atoms with Crippen molar-refractivity contribution in [3.8, 4) is 0 Å². The quantitative estimate of drug-likeness (QED) is 0.401. The van der Waals surface area contributed by atoms with E-state index in [0.717, 1.165) is 0 Å². The number of fused-ring (bicyclic) bond motifs is 5. The minimum Gasteiger partial charge on any atom is -0.288 e. The second-order valence-electron chi connectivity index (χ2n) is 8.44. The molecule has 1 atom stereocenters. The summed E-state index contributed by atoms with van der Waals surface area (Å²) in [6.07, 6.45) is 6.49. The fourth-order valence-corrected chi connectivity index (χ4v) is 8.17. The van der Waals surface area contributed by atoms with Crippen LogP contribution in [0, 0.1) is 5.92 Å². The highest BCUT2D eigenvalue weighted by atomic mass is 32.2. The minimum absolute atomic E-state index is 0.216. The molecule has 4 aliphatic rings. The van der Waals surface area contributed by atoms with E-state index >= 15 is 0 Å². The fourth-order valence-electron chi connectivity index (χ4n) is 4.70. The maximum Gasteiger partial charge on any atom is 0.294 e. The summed E-state index contributed by atoms with van der Waals surface area (Å²) >= 11 is 2.38. The molecule has 2 N–H and O–H groups in total. The first-order chi connectivity index (χ1) is 16.9. The summed E-state index contributed by atoms with van der Waals surface area (Å²) in [7, 11) is -8.77. The number of thioether (sulfide) groups is 2. The molecule has 2 aromatic rings. The summed E-state index contributed by atoms with van der Waals surface area (Å²) in [4.78, 5) is 28.4. The Hall–Kier alpha value is -2.74. The Morgan fingerprint density at radius 2 is 1.61 bits per heavy atom. The van der Waals surface area contributed by atoms with Gasteiger partial charge in [0.15, 0.2) is 0 Å². The molecule has 2 aliphatic carbocycles. The van der Waals surface area contributed by atoms with Crippen LogP contribution in [0.5, 0.6) is 0 Å². The molecule has 0 saturated carbocycles. The van der Waals surface area contributed by atoms with E-state index in [0.29, 0.717) is 43.7 Å². The molecule has 8 nitrogen and oxygen atoms in total. The fraction of sp³-hybridized carbons (Fsp3) is 0.0833. The highest BCUT2D eigenvalue weighted by Gasteiger charge is 2.41. The Balaban J connectivity index is 1.43. The molecular weight excluding hydrogens is 545 g/mol. The van der Waals surface area contributed by atoms with Crippen LogP contribution in [0.1, 0.15) is 16.8 Å². The molecule has 1 fully saturated rings. The van der Waals surface area contributed by atoms with Gasteiger partial charge in [-0.2, -0.15) is 16.8 Å². The number of ketones is 2. The normalized spacial score (nSPS) is 23.6. The van der Waals surface area contributed by atoms with Gasteiger partial charge in [0.05, 0.1) is 19.6 Å². The first kappa shape index (κ1) is 23.6. The number of Topliss-reactive ketones (excluding diaryl/α,β-unsaturated/α-hetero) is 2. The number of allylic oxidation sites excluding steroid dienone is 8. The Morgan fingerprint density at radius 1 is 0.861 bits per heavy atom. The minimum atomic E-state index is -4.40. The van der Waals surface area contributed by atoms with Crippen LogP contribution in [0.25, 0.3) is 10.8 Å². The van der Waals surface area contributed by atoms with E-state index in [1.807, 2.05) is 6.08 Å². The Bertz CT molecular complexity index is 1840. The molecule has 0 aromatic heterocycles. The zero-order valence-electron chi connectivity index (χ0n) is 18.0. The van der Waals surface area contributed by atoms with Crippen molar-refractivity contribution in [3.63, 3.8) is 0 Å². The van der Waals surface area contributed by atoms with Crippen LogP contribution in [0.4, 0.5) is 0 Å². The second-order valence-corrected chi connectivity index (χ2v) is 13.4. The van der Waals surface area contributed by atoms with E-state index < -0.39 is 20.2 Å². The van der Waals surface area contributed by atoms with Gasteiger partial charge < -0.3 is 0 Å². The molecule has 2 aromatic carbocycles. The zero-order chi connectivity index (χ0) is 25.6. The summed E-state index contributed by atoms with van der Waals surface area (Å²) in [5.41, 5.74) is 1.43. The molecule has 6 rings (SSSR count). The number of benzene rings is 2. The van der Waals surface area contributed by atoms with Gasteiger partial charge in [0, 0.05) is 26.9 Å². The van der Waals surface area contributed by atoms with Crippen LogP contribution in [0.15, 0.2) is 95.2 Å². The molecule has 0 radical (unpaired) electrons. The van der Waals surface area contributed by atoms with Crippen molar-refractivity contribution in [1.29, 1.82) is 0 Å². The molecule has 0 spiro atoms.